The Morgan fingerprint density at radius 1 is 0.972 bits per heavy atom. The quantitative estimate of drug-likeness (QED) is 0.178. The molecule has 0 saturated heterocycles. The van der Waals surface area contributed by atoms with Gasteiger partial charge in [-0.05, 0) is 34.9 Å². The molecule has 0 aliphatic carbocycles. The molecule has 0 saturated carbocycles. The van der Waals surface area contributed by atoms with Crippen LogP contribution in [0.25, 0.3) is 32.0 Å². The standard InChI is InChI=1S/C21H21N3OS3.4C2H6/c1-2-3-9-27-21-18(22)17-15(14-6-4-13(12-25)5-7-14)11-16(24-20(17)28-21)19-23-8-10-26-19;4*1-2/h4-8,10-11,25H,2-3,9,12,22H2,1H3;4*1-2H3. The predicted molar refractivity (Wildman–Crippen MR) is 168 cm³/mol. The average molecular weight is 548 g/mol. The van der Waals surface area contributed by atoms with E-state index in [0.717, 1.165) is 53.3 Å². The molecule has 0 unspecified atom stereocenters. The zero-order valence-electron chi connectivity index (χ0n) is 23.5. The highest BCUT2D eigenvalue weighted by atomic mass is 32.2. The first-order chi connectivity index (χ1) is 17.7. The van der Waals surface area contributed by atoms with Crippen LogP contribution in [0.15, 0.2) is 46.1 Å². The van der Waals surface area contributed by atoms with Gasteiger partial charge < -0.3 is 10.8 Å². The van der Waals surface area contributed by atoms with Crippen molar-refractivity contribution < 1.29 is 5.11 Å². The van der Waals surface area contributed by atoms with Gasteiger partial charge in [-0.2, -0.15) is 0 Å². The number of thiophene rings is 1. The molecule has 4 nitrogen and oxygen atoms in total. The van der Waals surface area contributed by atoms with Crippen LogP contribution >= 0.6 is 34.4 Å². The van der Waals surface area contributed by atoms with Gasteiger partial charge in [0, 0.05) is 17.0 Å². The molecular weight excluding hydrogens is 503 g/mol. The minimum atomic E-state index is 0.0369. The third-order valence-corrected chi connectivity index (χ3v) is 7.76. The Labute approximate surface area is 231 Å². The molecule has 36 heavy (non-hydrogen) atoms. The molecule has 0 spiro atoms. The molecule has 4 rings (SSSR count). The monoisotopic (exact) mass is 547 g/mol. The predicted octanol–water partition coefficient (Wildman–Crippen LogP) is 10.2. The summed E-state index contributed by atoms with van der Waals surface area (Å²) in [5.41, 5.74) is 11.3. The Kier molecular flexibility index (Phi) is 19.1. The van der Waals surface area contributed by atoms with Gasteiger partial charge in [0.1, 0.15) is 15.5 Å². The van der Waals surface area contributed by atoms with Gasteiger partial charge in [-0.15, -0.1) is 34.4 Å². The summed E-state index contributed by atoms with van der Waals surface area (Å²) in [4.78, 5) is 10.3. The summed E-state index contributed by atoms with van der Waals surface area (Å²) >= 11 is 5.07. The fourth-order valence-electron chi connectivity index (χ4n) is 2.99. The van der Waals surface area contributed by atoms with E-state index in [1.165, 1.54) is 12.8 Å². The van der Waals surface area contributed by atoms with E-state index < -0.39 is 0 Å². The zero-order chi connectivity index (χ0) is 27.5. The molecule has 1 aromatic carbocycles. The number of pyridine rings is 1. The summed E-state index contributed by atoms with van der Waals surface area (Å²) in [5, 5.41) is 13.2. The first-order valence-corrected chi connectivity index (χ1v) is 15.8. The molecule has 0 radical (unpaired) electrons. The molecule has 0 aliphatic heterocycles. The summed E-state index contributed by atoms with van der Waals surface area (Å²) in [7, 11) is 0. The lowest BCUT2D eigenvalue weighted by atomic mass is 10.0. The Morgan fingerprint density at radius 2 is 1.61 bits per heavy atom. The van der Waals surface area contributed by atoms with Gasteiger partial charge in [0.2, 0.25) is 0 Å². The molecule has 3 N–H and O–H groups in total. The normalized spacial score (nSPS) is 9.50. The van der Waals surface area contributed by atoms with Crippen LogP contribution in [-0.4, -0.2) is 20.8 Å². The SMILES string of the molecule is CC.CC.CC.CC.CCCCSc1sc2nc(-c3nccs3)cc(-c3ccc(CO)cc3)c2c1N. The topological polar surface area (TPSA) is 72.0 Å². The van der Waals surface area contributed by atoms with Crippen LogP contribution in [0.5, 0.6) is 0 Å². The lowest BCUT2D eigenvalue weighted by molar-refractivity contribution is 0.282. The number of thiazole rings is 1. The fraction of sp³-hybridized carbons (Fsp3) is 0.448. The molecule has 7 heteroatoms. The van der Waals surface area contributed by atoms with E-state index in [0.29, 0.717) is 0 Å². The molecule has 3 heterocycles. The highest BCUT2D eigenvalue weighted by molar-refractivity contribution is 8.01. The zero-order valence-corrected chi connectivity index (χ0v) is 26.0. The van der Waals surface area contributed by atoms with Crippen molar-refractivity contribution in [3.8, 4) is 21.8 Å². The highest BCUT2D eigenvalue weighted by Crippen LogP contribution is 2.45. The maximum absolute atomic E-state index is 9.35. The molecule has 0 fully saturated rings. The van der Waals surface area contributed by atoms with Crippen LogP contribution in [0.3, 0.4) is 0 Å². The average Bonchev–Trinajstić information content (AvgIpc) is 3.62. The number of nitrogens with zero attached hydrogens (tertiary/aromatic N) is 2. The maximum Gasteiger partial charge on any atom is 0.141 e. The number of fused-ring (bicyclic) bond motifs is 1. The molecule has 200 valence electrons. The Bertz CT molecular complexity index is 1080. The number of unbranched alkanes of at least 4 members (excludes halogenated alkanes) is 1. The van der Waals surface area contributed by atoms with Crippen molar-refractivity contribution in [3.05, 3.63) is 47.5 Å². The largest absolute Gasteiger partial charge is 0.397 e. The maximum atomic E-state index is 9.35. The first-order valence-electron chi connectivity index (χ1n) is 13.2. The van der Waals surface area contributed by atoms with Crippen LogP contribution in [0, 0.1) is 0 Å². The number of aromatic nitrogens is 2. The molecule has 0 atom stereocenters. The lowest BCUT2D eigenvalue weighted by Gasteiger charge is -2.08. The highest BCUT2D eigenvalue weighted by Gasteiger charge is 2.18. The van der Waals surface area contributed by atoms with Crippen LogP contribution in [-0.2, 0) is 6.61 Å². The van der Waals surface area contributed by atoms with Gasteiger partial charge in [-0.1, -0.05) is 93.0 Å². The number of rotatable bonds is 7. The van der Waals surface area contributed by atoms with Gasteiger partial charge in [-0.25, -0.2) is 9.97 Å². The molecular formula is C29H45N3OS3. The van der Waals surface area contributed by atoms with Crippen LogP contribution in [0.4, 0.5) is 5.69 Å². The van der Waals surface area contributed by atoms with Crippen molar-refractivity contribution in [2.75, 3.05) is 11.5 Å². The van der Waals surface area contributed by atoms with Gasteiger partial charge in [-0.3, -0.25) is 0 Å². The number of benzene rings is 1. The van der Waals surface area contributed by atoms with E-state index in [1.807, 2.05) is 96.8 Å². The molecule has 0 bridgehead atoms. The van der Waals surface area contributed by atoms with E-state index in [2.05, 4.69) is 18.0 Å². The second kappa shape index (κ2) is 20.2. The third kappa shape index (κ3) is 9.18. The second-order valence-electron chi connectivity index (χ2n) is 6.43. The second-order valence-corrected chi connectivity index (χ2v) is 9.69. The summed E-state index contributed by atoms with van der Waals surface area (Å²) < 4.78 is 1.14. The van der Waals surface area contributed by atoms with Crippen LogP contribution in [0.1, 0.15) is 80.7 Å². The van der Waals surface area contributed by atoms with Crippen molar-refractivity contribution >= 4 is 50.3 Å². The molecule has 4 aromatic rings. The summed E-state index contributed by atoms with van der Waals surface area (Å²) in [6, 6.07) is 10.0. The Morgan fingerprint density at radius 3 is 2.14 bits per heavy atom. The number of anilines is 1. The van der Waals surface area contributed by atoms with E-state index in [1.54, 1.807) is 28.9 Å². The minimum absolute atomic E-state index is 0.0369. The summed E-state index contributed by atoms with van der Waals surface area (Å²) in [5.74, 6) is 1.06. The van der Waals surface area contributed by atoms with Crippen LogP contribution < -0.4 is 5.73 Å². The summed E-state index contributed by atoms with van der Waals surface area (Å²) in [6.45, 7) is 18.2. The van der Waals surface area contributed by atoms with Crippen molar-refractivity contribution in [1.29, 1.82) is 0 Å². The van der Waals surface area contributed by atoms with Crippen molar-refractivity contribution in [1.82, 2.24) is 9.97 Å². The van der Waals surface area contributed by atoms with Gasteiger partial charge in [0.05, 0.1) is 16.5 Å². The summed E-state index contributed by atoms with van der Waals surface area (Å²) in [6.07, 6.45) is 4.15. The van der Waals surface area contributed by atoms with E-state index >= 15 is 0 Å². The van der Waals surface area contributed by atoms with E-state index in [-0.39, 0.29) is 6.61 Å². The molecule has 3 aromatic heterocycles. The number of hydrogen-bond acceptors (Lipinski definition) is 7. The number of hydrogen-bond donors (Lipinski definition) is 2. The van der Waals surface area contributed by atoms with E-state index in [4.69, 9.17) is 10.7 Å². The minimum Gasteiger partial charge on any atom is -0.397 e. The van der Waals surface area contributed by atoms with Crippen LogP contribution in [0.2, 0.25) is 0 Å². The molecule has 0 aliphatic rings. The number of aliphatic hydroxyl groups is 1. The van der Waals surface area contributed by atoms with Gasteiger partial charge >= 0.3 is 0 Å². The number of thioether (sulfide) groups is 1. The smallest absolute Gasteiger partial charge is 0.141 e. The third-order valence-electron chi connectivity index (χ3n) is 4.49. The van der Waals surface area contributed by atoms with Crippen molar-refractivity contribution in [2.24, 2.45) is 0 Å². The lowest BCUT2D eigenvalue weighted by Crippen LogP contribution is -1.91. The first kappa shape index (κ1) is 34.1. The Balaban J connectivity index is 0.00000140. The van der Waals surface area contributed by atoms with Crippen molar-refractivity contribution in [3.63, 3.8) is 0 Å². The van der Waals surface area contributed by atoms with Gasteiger partial charge in [0.25, 0.3) is 0 Å². The van der Waals surface area contributed by atoms with E-state index in [9.17, 15) is 5.11 Å². The van der Waals surface area contributed by atoms with Gasteiger partial charge in [0.15, 0.2) is 0 Å². The Hall–Kier alpha value is -1.93. The number of aliphatic hydroxyl groups excluding tert-OH is 1. The number of nitrogen functional groups attached to an aromatic ring is 1. The number of nitrogens with two attached hydrogens (primary N) is 1. The van der Waals surface area contributed by atoms with Crippen molar-refractivity contribution in [2.45, 2.75) is 86.0 Å². The fourth-order valence-corrected chi connectivity index (χ4v) is 6.04. The molecule has 0 amide bonds.